The van der Waals surface area contributed by atoms with Crippen molar-refractivity contribution in [1.82, 2.24) is 14.9 Å². The van der Waals surface area contributed by atoms with Crippen LogP contribution in [0, 0.1) is 5.82 Å². The highest BCUT2D eigenvalue weighted by Gasteiger charge is 2.18. The number of fused-ring (bicyclic) bond motifs is 1. The summed E-state index contributed by atoms with van der Waals surface area (Å²) in [7, 11) is 1.75. The van der Waals surface area contributed by atoms with Crippen LogP contribution in [0.15, 0.2) is 30.3 Å². The molecule has 31 heavy (non-hydrogen) atoms. The number of carbonyl (C=O) groups is 1. The largest absolute Gasteiger partial charge is 0.352 e. The van der Waals surface area contributed by atoms with Gasteiger partial charge in [0.1, 0.15) is 5.82 Å². The van der Waals surface area contributed by atoms with E-state index < -0.39 is 11.7 Å². The smallest absolute Gasteiger partial charge is 0.254 e. The van der Waals surface area contributed by atoms with Crippen molar-refractivity contribution in [3.8, 4) is 0 Å². The molecule has 0 unspecified atom stereocenters. The van der Waals surface area contributed by atoms with Gasteiger partial charge in [0.05, 0.1) is 32.3 Å². The highest BCUT2D eigenvalue weighted by atomic mass is 35.5. The number of benzene rings is 2. The molecule has 166 valence electrons. The van der Waals surface area contributed by atoms with Gasteiger partial charge in [0.15, 0.2) is 0 Å². The number of amides is 1. The van der Waals surface area contributed by atoms with E-state index >= 15 is 0 Å². The normalized spacial score (nSPS) is 11.1. The van der Waals surface area contributed by atoms with E-state index in [2.05, 4.69) is 22.5 Å². The van der Waals surface area contributed by atoms with Crippen LogP contribution in [-0.4, -0.2) is 22.0 Å². The van der Waals surface area contributed by atoms with E-state index in [1.807, 2.05) is 0 Å². The van der Waals surface area contributed by atoms with Gasteiger partial charge in [-0.25, -0.2) is 9.37 Å². The summed E-state index contributed by atoms with van der Waals surface area (Å²) >= 11 is 12.4. The molecule has 0 fully saturated rings. The Hall–Kier alpha value is -2.31. The van der Waals surface area contributed by atoms with Crippen LogP contribution < -0.4 is 10.6 Å². The molecule has 8 heteroatoms. The molecule has 0 radical (unpaired) electrons. The van der Waals surface area contributed by atoms with Crippen molar-refractivity contribution in [3.63, 3.8) is 0 Å². The molecule has 0 aliphatic rings. The molecular weight excluding hydrogens is 438 g/mol. The number of nitrogens with one attached hydrogen (secondary N) is 2. The van der Waals surface area contributed by atoms with Crippen molar-refractivity contribution in [2.24, 2.45) is 7.05 Å². The predicted octanol–water partition coefficient (Wildman–Crippen LogP) is 6.85. The molecule has 2 aromatic carbocycles. The Morgan fingerprint density at radius 3 is 2.48 bits per heavy atom. The minimum Gasteiger partial charge on any atom is -0.352 e. The van der Waals surface area contributed by atoms with E-state index in [1.165, 1.54) is 31.4 Å². The first kappa shape index (κ1) is 23.4. The molecule has 0 atom stereocenters. The van der Waals surface area contributed by atoms with Crippen LogP contribution >= 0.6 is 23.2 Å². The van der Waals surface area contributed by atoms with Crippen LogP contribution in [0.4, 0.5) is 16.0 Å². The molecule has 3 rings (SSSR count). The van der Waals surface area contributed by atoms with Crippen LogP contribution in [0.3, 0.4) is 0 Å². The average molecular weight is 465 g/mol. The number of aromatic nitrogens is 2. The minimum absolute atomic E-state index is 0.0149. The molecule has 1 amide bonds. The van der Waals surface area contributed by atoms with Gasteiger partial charge in [0, 0.05) is 19.7 Å². The number of hydrogen-bond acceptors (Lipinski definition) is 3. The van der Waals surface area contributed by atoms with Gasteiger partial charge in [-0.2, -0.15) is 0 Å². The van der Waals surface area contributed by atoms with Gasteiger partial charge in [0.25, 0.3) is 5.91 Å². The molecule has 1 heterocycles. The average Bonchev–Trinajstić information content (AvgIpc) is 3.04. The second-order valence-corrected chi connectivity index (χ2v) is 8.37. The summed E-state index contributed by atoms with van der Waals surface area (Å²) in [5.74, 6) is -0.574. The zero-order chi connectivity index (χ0) is 22.4. The molecule has 0 spiro atoms. The lowest BCUT2D eigenvalue weighted by Gasteiger charge is -2.09. The number of imidazole rings is 1. The first-order chi connectivity index (χ1) is 14.9. The fourth-order valence-electron chi connectivity index (χ4n) is 3.43. The molecule has 0 saturated heterocycles. The molecule has 5 nitrogen and oxygen atoms in total. The Bertz CT molecular complexity index is 1050. The minimum atomic E-state index is -0.585. The molecule has 0 saturated carbocycles. The van der Waals surface area contributed by atoms with E-state index in [0.29, 0.717) is 39.3 Å². The van der Waals surface area contributed by atoms with E-state index in [9.17, 15) is 9.18 Å². The number of anilines is 2. The topological polar surface area (TPSA) is 59.0 Å². The van der Waals surface area contributed by atoms with Crippen LogP contribution in [-0.2, 0) is 7.05 Å². The van der Waals surface area contributed by atoms with E-state index in [1.54, 1.807) is 29.8 Å². The molecule has 1 aromatic heterocycles. The second-order valence-electron chi connectivity index (χ2n) is 7.56. The number of halogens is 3. The summed E-state index contributed by atoms with van der Waals surface area (Å²) in [4.78, 5) is 17.0. The lowest BCUT2D eigenvalue weighted by Crippen LogP contribution is -2.25. The van der Waals surface area contributed by atoms with Gasteiger partial charge in [-0.3, -0.25) is 4.79 Å². The van der Waals surface area contributed by atoms with Crippen LogP contribution in [0.5, 0.6) is 0 Å². The Labute approximate surface area is 191 Å². The first-order valence-corrected chi connectivity index (χ1v) is 11.3. The summed E-state index contributed by atoms with van der Waals surface area (Å²) < 4.78 is 16.4. The van der Waals surface area contributed by atoms with Gasteiger partial charge in [-0.1, -0.05) is 68.3 Å². The maximum absolute atomic E-state index is 14.7. The van der Waals surface area contributed by atoms with Crippen LogP contribution in [0.1, 0.15) is 55.8 Å². The summed E-state index contributed by atoms with van der Waals surface area (Å²) in [6.07, 6.45) is 6.75. The second kappa shape index (κ2) is 10.8. The summed E-state index contributed by atoms with van der Waals surface area (Å²) in [6, 6.07) is 7.97. The Morgan fingerprint density at radius 2 is 1.77 bits per heavy atom. The molecule has 2 N–H and O–H groups in total. The highest BCUT2D eigenvalue weighted by molar-refractivity contribution is 6.39. The number of aryl methyl sites for hydroxylation is 1. The standard InChI is InChI=1S/C23H27Cl2FN4O/c1-3-4-5-6-7-8-12-27-22(31)15-13-19-20(14-18(15)26)30(2)23(28-19)29-21-16(24)10-9-11-17(21)25/h9-11,13-14H,3-8,12H2,1-2H3,(H,27,31)(H,28,29). The zero-order valence-corrected chi connectivity index (χ0v) is 19.3. The van der Waals surface area contributed by atoms with Gasteiger partial charge in [0.2, 0.25) is 5.95 Å². The van der Waals surface area contributed by atoms with Gasteiger partial charge >= 0.3 is 0 Å². The molecule has 0 aliphatic carbocycles. The van der Waals surface area contributed by atoms with Crippen molar-refractivity contribution in [1.29, 1.82) is 0 Å². The first-order valence-electron chi connectivity index (χ1n) is 10.6. The lowest BCUT2D eigenvalue weighted by molar-refractivity contribution is 0.0949. The van der Waals surface area contributed by atoms with E-state index in [0.717, 1.165) is 19.3 Å². The van der Waals surface area contributed by atoms with Crippen molar-refractivity contribution in [2.75, 3.05) is 11.9 Å². The number of para-hydroxylation sites is 1. The van der Waals surface area contributed by atoms with Gasteiger partial charge < -0.3 is 15.2 Å². The molecule has 0 bridgehead atoms. The summed E-state index contributed by atoms with van der Waals surface area (Å²) in [5.41, 5.74) is 1.55. The number of unbranched alkanes of at least 4 members (excludes halogenated alkanes) is 5. The predicted molar refractivity (Wildman–Crippen MR) is 126 cm³/mol. The Balaban J connectivity index is 1.72. The zero-order valence-electron chi connectivity index (χ0n) is 17.8. The third-order valence-corrected chi connectivity index (χ3v) is 5.86. The van der Waals surface area contributed by atoms with E-state index in [-0.39, 0.29) is 5.56 Å². The maximum atomic E-state index is 14.7. The SMILES string of the molecule is CCCCCCCCNC(=O)c1cc2nc(Nc3c(Cl)cccc3Cl)n(C)c2cc1F. The van der Waals surface area contributed by atoms with Gasteiger partial charge in [-0.15, -0.1) is 0 Å². The number of rotatable bonds is 10. The van der Waals surface area contributed by atoms with Crippen molar-refractivity contribution in [2.45, 2.75) is 45.4 Å². The quantitative estimate of drug-likeness (QED) is 0.322. The number of hydrogen-bond donors (Lipinski definition) is 2. The summed E-state index contributed by atoms with van der Waals surface area (Å²) in [6.45, 7) is 2.71. The number of nitrogens with zero attached hydrogens (tertiary/aromatic N) is 2. The highest BCUT2D eigenvalue weighted by Crippen LogP contribution is 2.33. The molecule has 3 aromatic rings. The summed E-state index contributed by atoms with van der Waals surface area (Å²) in [5, 5.41) is 6.79. The monoisotopic (exact) mass is 464 g/mol. The van der Waals surface area contributed by atoms with Crippen LogP contribution in [0.25, 0.3) is 11.0 Å². The van der Waals surface area contributed by atoms with E-state index in [4.69, 9.17) is 23.2 Å². The molecule has 0 aliphatic heterocycles. The van der Waals surface area contributed by atoms with Crippen molar-refractivity contribution in [3.05, 3.63) is 51.8 Å². The van der Waals surface area contributed by atoms with Crippen molar-refractivity contribution >= 4 is 51.8 Å². The fourth-order valence-corrected chi connectivity index (χ4v) is 3.92. The number of carbonyl (C=O) groups excluding carboxylic acids is 1. The molecular formula is C23H27Cl2FN4O. The third kappa shape index (κ3) is 5.69. The van der Waals surface area contributed by atoms with Crippen molar-refractivity contribution < 1.29 is 9.18 Å². The van der Waals surface area contributed by atoms with Gasteiger partial charge in [-0.05, 0) is 24.6 Å². The Kier molecular flexibility index (Phi) is 8.15. The lowest BCUT2D eigenvalue weighted by atomic mass is 10.1. The third-order valence-electron chi connectivity index (χ3n) is 5.23. The van der Waals surface area contributed by atoms with Crippen LogP contribution in [0.2, 0.25) is 10.0 Å². The maximum Gasteiger partial charge on any atom is 0.254 e. The Morgan fingerprint density at radius 1 is 1.10 bits per heavy atom. The fraction of sp³-hybridized carbons (Fsp3) is 0.391.